The van der Waals surface area contributed by atoms with Gasteiger partial charge in [-0.25, -0.2) is 8.42 Å². The molecular formula is C23H22Cl2N2O4S. The Labute approximate surface area is 197 Å². The molecule has 0 radical (unpaired) electrons. The van der Waals surface area contributed by atoms with E-state index in [0.717, 1.165) is 15.4 Å². The fourth-order valence-corrected chi connectivity index (χ4v) is 4.99. The van der Waals surface area contributed by atoms with Crippen molar-refractivity contribution in [2.24, 2.45) is 0 Å². The molecule has 9 heteroatoms. The molecule has 0 aliphatic rings. The smallest absolute Gasteiger partial charge is 0.264 e. The van der Waals surface area contributed by atoms with Gasteiger partial charge in [0.15, 0.2) is 0 Å². The maximum Gasteiger partial charge on any atom is 0.264 e. The van der Waals surface area contributed by atoms with Crippen molar-refractivity contribution in [3.05, 3.63) is 87.9 Å². The fraction of sp³-hybridized carbons (Fsp3) is 0.174. The minimum Gasteiger partial charge on any atom is -0.380 e. The first-order chi connectivity index (χ1) is 15.2. The first-order valence-electron chi connectivity index (χ1n) is 9.62. The zero-order chi connectivity index (χ0) is 23.3. The van der Waals surface area contributed by atoms with Crippen LogP contribution in [0.1, 0.15) is 11.1 Å². The lowest BCUT2D eigenvalue weighted by atomic mass is 10.2. The van der Waals surface area contributed by atoms with Crippen LogP contribution in [0.3, 0.4) is 0 Å². The number of nitrogens with zero attached hydrogens (tertiary/aromatic N) is 1. The summed E-state index contributed by atoms with van der Waals surface area (Å²) in [5.41, 5.74) is 2.50. The lowest BCUT2D eigenvalue weighted by Gasteiger charge is -2.24. The Bertz CT molecular complexity index is 1190. The topological polar surface area (TPSA) is 75.7 Å². The minimum absolute atomic E-state index is 0.0501. The van der Waals surface area contributed by atoms with Crippen LogP contribution in [-0.2, 0) is 26.2 Å². The molecule has 168 valence electrons. The Morgan fingerprint density at radius 3 is 2.28 bits per heavy atom. The van der Waals surface area contributed by atoms with Crippen molar-refractivity contribution in [2.45, 2.75) is 18.4 Å². The number of sulfonamides is 1. The number of ether oxygens (including phenoxy) is 1. The quantitative estimate of drug-likeness (QED) is 0.463. The monoisotopic (exact) mass is 492 g/mol. The third kappa shape index (κ3) is 6.01. The average molecular weight is 493 g/mol. The van der Waals surface area contributed by atoms with Gasteiger partial charge < -0.3 is 10.1 Å². The molecule has 0 bridgehead atoms. The van der Waals surface area contributed by atoms with Crippen molar-refractivity contribution in [3.8, 4) is 0 Å². The number of aryl methyl sites for hydroxylation is 1. The lowest BCUT2D eigenvalue weighted by molar-refractivity contribution is -0.114. The SMILES string of the molecule is COCc1cccc(NC(=O)CN(c2cc(Cl)cc(Cl)c2)S(=O)(=O)c2ccc(C)cc2)c1. The fourth-order valence-electron chi connectivity index (χ4n) is 3.07. The summed E-state index contributed by atoms with van der Waals surface area (Å²) >= 11 is 12.2. The molecule has 0 aliphatic heterocycles. The van der Waals surface area contributed by atoms with E-state index in [2.05, 4.69) is 5.32 Å². The molecule has 1 N–H and O–H groups in total. The molecule has 0 saturated heterocycles. The third-order valence-corrected chi connectivity index (χ3v) is 6.78. The summed E-state index contributed by atoms with van der Waals surface area (Å²) in [5, 5.41) is 3.24. The van der Waals surface area contributed by atoms with Crippen LogP contribution < -0.4 is 9.62 Å². The van der Waals surface area contributed by atoms with Gasteiger partial charge in [-0.3, -0.25) is 9.10 Å². The van der Waals surface area contributed by atoms with Crippen molar-refractivity contribution < 1.29 is 17.9 Å². The molecule has 0 heterocycles. The van der Waals surface area contributed by atoms with E-state index in [0.29, 0.717) is 12.3 Å². The van der Waals surface area contributed by atoms with E-state index in [-0.39, 0.29) is 20.6 Å². The molecule has 3 aromatic rings. The molecule has 0 fully saturated rings. The van der Waals surface area contributed by atoms with Crippen LogP contribution in [0.15, 0.2) is 71.6 Å². The number of benzene rings is 3. The summed E-state index contributed by atoms with van der Waals surface area (Å²) in [6.07, 6.45) is 0. The van der Waals surface area contributed by atoms with Gasteiger partial charge in [0, 0.05) is 22.8 Å². The van der Waals surface area contributed by atoms with Crippen LogP contribution in [0.4, 0.5) is 11.4 Å². The zero-order valence-electron chi connectivity index (χ0n) is 17.5. The van der Waals surface area contributed by atoms with Gasteiger partial charge in [0.05, 0.1) is 17.2 Å². The van der Waals surface area contributed by atoms with E-state index in [9.17, 15) is 13.2 Å². The van der Waals surface area contributed by atoms with Crippen molar-refractivity contribution in [1.29, 1.82) is 0 Å². The number of anilines is 2. The van der Waals surface area contributed by atoms with Gasteiger partial charge in [-0.15, -0.1) is 0 Å². The van der Waals surface area contributed by atoms with Gasteiger partial charge in [-0.1, -0.05) is 53.0 Å². The number of carbonyl (C=O) groups is 1. The normalized spacial score (nSPS) is 11.2. The molecule has 0 unspecified atom stereocenters. The zero-order valence-corrected chi connectivity index (χ0v) is 19.8. The Kier molecular flexibility index (Phi) is 7.79. The van der Waals surface area contributed by atoms with E-state index in [4.69, 9.17) is 27.9 Å². The summed E-state index contributed by atoms with van der Waals surface area (Å²) in [6, 6.07) is 17.9. The van der Waals surface area contributed by atoms with Crippen LogP contribution in [0.25, 0.3) is 0 Å². The van der Waals surface area contributed by atoms with Gasteiger partial charge in [-0.05, 0) is 55.0 Å². The standard InChI is InChI=1S/C23H22Cl2N2O4S/c1-16-6-8-22(9-7-16)32(29,30)27(21-12-18(24)11-19(25)13-21)14-23(28)26-20-5-3-4-17(10-20)15-31-2/h3-13H,14-15H2,1-2H3,(H,26,28). The maximum atomic E-state index is 13.4. The van der Waals surface area contributed by atoms with E-state index in [1.54, 1.807) is 37.4 Å². The molecule has 0 aromatic heterocycles. The summed E-state index contributed by atoms with van der Waals surface area (Å²) in [4.78, 5) is 12.9. The van der Waals surface area contributed by atoms with Gasteiger partial charge in [-0.2, -0.15) is 0 Å². The molecule has 0 atom stereocenters. The Morgan fingerprint density at radius 2 is 1.66 bits per heavy atom. The second-order valence-corrected chi connectivity index (χ2v) is 9.87. The molecule has 32 heavy (non-hydrogen) atoms. The minimum atomic E-state index is -4.07. The van der Waals surface area contributed by atoms with Crippen LogP contribution in [-0.4, -0.2) is 28.0 Å². The summed E-state index contributed by atoms with van der Waals surface area (Å²) in [5.74, 6) is -0.522. The molecule has 6 nitrogen and oxygen atoms in total. The highest BCUT2D eigenvalue weighted by Crippen LogP contribution is 2.30. The largest absolute Gasteiger partial charge is 0.380 e. The van der Waals surface area contributed by atoms with Crippen LogP contribution >= 0.6 is 23.2 Å². The van der Waals surface area contributed by atoms with Crippen molar-refractivity contribution >= 4 is 50.5 Å². The maximum absolute atomic E-state index is 13.4. The van der Waals surface area contributed by atoms with E-state index >= 15 is 0 Å². The Balaban J connectivity index is 1.94. The molecule has 0 saturated carbocycles. The number of hydrogen-bond donors (Lipinski definition) is 1. The first-order valence-corrected chi connectivity index (χ1v) is 11.8. The lowest BCUT2D eigenvalue weighted by Crippen LogP contribution is -2.38. The van der Waals surface area contributed by atoms with E-state index < -0.39 is 22.5 Å². The summed E-state index contributed by atoms with van der Waals surface area (Å²) in [6.45, 7) is 1.77. The van der Waals surface area contributed by atoms with E-state index in [1.165, 1.54) is 30.3 Å². The third-order valence-electron chi connectivity index (χ3n) is 4.55. The van der Waals surface area contributed by atoms with Crippen molar-refractivity contribution in [1.82, 2.24) is 0 Å². The van der Waals surface area contributed by atoms with Gasteiger partial charge in [0.2, 0.25) is 5.91 Å². The number of nitrogens with one attached hydrogen (secondary N) is 1. The highest BCUT2D eigenvalue weighted by Gasteiger charge is 2.28. The number of halogens is 2. The Hall–Kier alpha value is -2.58. The average Bonchev–Trinajstić information content (AvgIpc) is 2.72. The number of carbonyl (C=O) groups excluding carboxylic acids is 1. The molecule has 0 aliphatic carbocycles. The van der Waals surface area contributed by atoms with Crippen LogP contribution in [0.2, 0.25) is 10.0 Å². The summed E-state index contributed by atoms with van der Waals surface area (Å²) in [7, 11) is -2.49. The predicted molar refractivity (Wildman–Crippen MR) is 128 cm³/mol. The highest BCUT2D eigenvalue weighted by atomic mass is 35.5. The molecule has 1 amide bonds. The van der Waals surface area contributed by atoms with Crippen molar-refractivity contribution in [3.63, 3.8) is 0 Å². The van der Waals surface area contributed by atoms with Gasteiger partial charge in [0.1, 0.15) is 6.54 Å². The molecule has 0 spiro atoms. The molecule has 3 aromatic carbocycles. The number of amides is 1. The molecule has 3 rings (SSSR count). The Morgan fingerprint density at radius 1 is 1.00 bits per heavy atom. The summed E-state index contributed by atoms with van der Waals surface area (Å²) < 4.78 is 33.0. The van der Waals surface area contributed by atoms with Gasteiger partial charge in [0.25, 0.3) is 10.0 Å². The number of hydrogen-bond acceptors (Lipinski definition) is 4. The first kappa shape index (κ1) is 24.1. The van der Waals surface area contributed by atoms with Crippen molar-refractivity contribution in [2.75, 3.05) is 23.3 Å². The molecular weight excluding hydrogens is 471 g/mol. The van der Waals surface area contributed by atoms with Crippen LogP contribution in [0, 0.1) is 6.92 Å². The van der Waals surface area contributed by atoms with Gasteiger partial charge >= 0.3 is 0 Å². The second-order valence-electron chi connectivity index (χ2n) is 7.13. The van der Waals surface area contributed by atoms with E-state index in [1.807, 2.05) is 13.0 Å². The number of methoxy groups -OCH3 is 1. The second kappa shape index (κ2) is 10.4. The number of rotatable bonds is 8. The highest BCUT2D eigenvalue weighted by molar-refractivity contribution is 7.92. The van der Waals surface area contributed by atoms with Crippen LogP contribution in [0.5, 0.6) is 0 Å². The predicted octanol–water partition coefficient (Wildman–Crippen LogP) is 5.28.